The van der Waals surface area contributed by atoms with Crippen molar-refractivity contribution in [1.29, 1.82) is 0 Å². The molecule has 0 aliphatic carbocycles. The van der Waals surface area contributed by atoms with Crippen LogP contribution in [0.2, 0.25) is 5.02 Å². The zero-order valence-electron chi connectivity index (χ0n) is 15.3. The fourth-order valence-corrected chi connectivity index (χ4v) is 5.03. The summed E-state index contributed by atoms with van der Waals surface area (Å²) in [6, 6.07) is 7.84. The first-order valence-corrected chi connectivity index (χ1v) is 10.2. The number of hydrogen-bond donors (Lipinski definition) is 1. The summed E-state index contributed by atoms with van der Waals surface area (Å²) < 4.78 is 5.44. The van der Waals surface area contributed by atoms with Gasteiger partial charge in [0.15, 0.2) is 12.2 Å². The van der Waals surface area contributed by atoms with Gasteiger partial charge in [-0.25, -0.2) is 15.0 Å². The summed E-state index contributed by atoms with van der Waals surface area (Å²) >= 11 is 7.87. The number of aromatic nitrogens is 3. The van der Waals surface area contributed by atoms with Crippen molar-refractivity contribution >= 4 is 39.0 Å². The van der Waals surface area contributed by atoms with E-state index in [2.05, 4.69) is 22.2 Å². The normalized spacial score (nSPS) is 14.4. The average Bonchev–Trinajstić information content (AvgIpc) is 3.33. The molecule has 3 aromatic heterocycles. The van der Waals surface area contributed by atoms with Crippen LogP contribution in [-0.4, -0.2) is 33.4 Å². The minimum atomic E-state index is 0.547. The van der Waals surface area contributed by atoms with E-state index in [-0.39, 0.29) is 0 Å². The lowest BCUT2D eigenvalue weighted by Crippen LogP contribution is -2.25. The number of likely N-dealkylation sites (N-methyl/N-ethyl adjacent to an activating group) is 1. The molecule has 1 aliphatic heterocycles. The SMILES string of the molecule is CN1CCc2c(sc3nc(-c4cnco4)nc(NCc4cccc(Cl)c4)c23)C1. The van der Waals surface area contributed by atoms with Crippen molar-refractivity contribution in [2.24, 2.45) is 0 Å². The monoisotopic (exact) mass is 411 g/mol. The summed E-state index contributed by atoms with van der Waals surface area (Å²) in [4.78, 5) is 18.2. The molecule has 5 rings (SSSR count). The van der Waals surface area contributed by atoms with Crippen molar-refractivity contribution in [1.82, 2.24) is 19.9 Å². The van der Waals surface area contributed by atoms with E-state index < -0.39 is 0 Å². The van der Waals surface area contributed by atoms with Crippen LogP contribution in [0.3, 0.4) is 0 Å². The number of benzene rings is 1. The molecule has 0 fully saturated rings. The lowest BCUT2D eigenvalue weighted by atomic mass is 10.1. The minimum Gasteiger partial charge on any atom is -0.440 e. The van der Waals surface area contributed by atoms with Crippen LogP contribution in [0.5, 0.6) is 0 Å². The molecule has 4 heterocycles. The van der Waals surface area contributed by atoms with Crippen LogP contribution in [0.1, 0.15) is 16.0 Å². The van der Waals surface area contributed by atoms with Crippen molar-refractivity contribution in [3.05, 3.63) is 57.9 Å². The Kier molecular flexibility index (Phi) is 4.50. The van der Waals surface area contributed by atoms with Crippen molar-refractivity contribution in [2.75, 3.05) is 18.9 Å². The molecular weight excluding hydrogens is 394 g/mol. The summed E-state index contributed by atoms with van der Waals surface area (Å²) in [6.07, 6.45) is 4.04. The Hall–Kier alpha value is -2.48. The molecule has 4 aromatic rings. The summed E-state index contributed by atoms with van der Waals surface area (Å²) in [5, 5.41) is 5.35. The van der Waals surface area contributed by atoms with Crippen LogP contribution in [-0.2, 0) is 19.5 Å². The van der Waals surface area contributed by atoms with Gasteiger partial charge in [-0.2, -0.15) is 0 Å². The molecule has 0 spiro atoms. The van der Waals surface area contributed by atoms with E-state index in [1.54, 1.807) is 17.5 Å². The lowest BCUT2D eigenvalue weighted by Gasteiger charge is -2.22. The van der Waals surface area contributed by atoms with Crippen molar-refractivity contribution in [3.8, 4) is 11.6 Å². The van der Waals surface area contributed by atoms with E-state index in [1.165, 1.54) is 16.8 Å². The van der Waals surface area contributed by atoms with Crippen LogP contribution in [0, 0.1) is 0 Å². The third-order valence-corrected chi connectivity index (χ3v) is 6.24. The van der Waals surface area contributed by atoms with Crippen molar-refractivity contribution in [2.45, 2.75) is 19.5 Å². The van der Waals surface area contributed by atoms with Crippen molar-refractivity contribution in [3.63, 3.8) is 0 Å². The highest BCUT2D eigenvalue weighted by Gasteiger charge is 2.23. The van der Waals surface area contributed by atoms with Gasteiger partial charge in [0.25, 0.3) is 0 Å². The van der Waals surface area contributed by atoms with Crippen LogP contribution in [0.25, 0.3) is 21.8 Å². The smallest absolute Gasteiger partial charge is 0.200 e. The number of thiophene rings is 1. The molecule has 8 heteroatoms. The molecule has 0 unspecified atom stereocenters. The standard InChI is InChI=1S/C20H18ClN5OS/c1-26-6-5-14-16(10-26)28-20-17(14)19(23-8-12-3-2-4-13(21)7-12)24-18(25-20)15-9-22-11-27-15/h2-4,7,9,11H,5-6,8,10H2,1H3,(H,23,24,25). The van der Waals surface area contributed by atoms with Gasteiger partial charge in [0.1, 0.15) is 10.6 Å². The third kappa shape index (κ3) is 3.26. The van der Waals surface area contributed by atoms with Crippen LogP contribution >= 0.6 is 22.9 Å². The van der Waals surface area contributed by atoms with Gasteiger partial charge >= 0.3 is 0 Å². The number of oxazole rings is 1. The molecule has 1 aliphatic rings. The zero-order valence-corrected chi connectivity index (χ0v) is 16.8. The van der Waals surface area contributed by atoms with Gasteiger partial charge in [0.05, 0.1) is 11.6 Å². The van der Waals surface area contributed by atoms with Gasteiger partial charge < -0.3 is 14.6 Å². The third-order valence-electron chi connectivity index (χ3n) is 4.89. The summed E-state index contributed by atoms with van der Waals surface area (Å²) in [5.74, 6) is 1.94. The molecule has 0 radical (unpaired) electrons. The molecule has 1 aromatic carbocycles. The molecule has 0 saturated heterocycles. The maximum atomic E-state index is 6.13. The number of halogens is 1. The molecule has 0 bridgehead atoms. The van der Waals surface area contributed by atoms with Gasteiger partial charge in [-0.3, -0.25) is 0 Å². The van der Waals surface area contributed by atoms with E-state index >= 15 is 0 Å². The van der Waals surface area contributed by atoms with Crippen LogP contribution in [0.4, 0.5) is 5.82 Å². The summed E-state index contributed by atoms with van der Waals surface area (Å²) in [6.45, 7) is 2.62. The molecule has 0 saturated carbocycles. The number of rotatable bonds is 4. The molecule has 142 valence electrons. The average molecular weight is 412 g/mol. The Morgan fingerprint density at radius 2 is 2.25 bits per heavy atom. The fourth-order valence-electron chi connectivity index (χ4n) is 3.52. The Balaban J connectivity index is 1.60. The Morgan fingerprint density at radius 3 is 3.07 bits per heavy atom. The van der Waals surface area contributed by atoms with E-state index in [0.717, 1.165) is 46.1 Å². The second kappa shape index (κ2) is 7.16. The van der Waals surface area contributed by atoms with Crippen LogP contribution < -0.4 is 5.32 Å². The predicted molar refractivity (Wildman–Crippen MR) is 112 cm³/mol. The van der Waals surface area contributed by atoms with Gasteiger partial charge in [-0.15, -0.1) is 11.3 Å². The Labute approximate surface area is 171 Å². The minimum absolute atomic E-state index is 0.547. The highest BCUT2D eigenvalue weighted by Crippen LogP contribution is 2.38. The first kappa shape index (κ1) is 17.6. The predicted octanol–water partition coefficient (Wildman–Crippen LogP) is 4.60. The quantitative estimate of drug-likeness (QED) is 0.529. The molecule has 0 atom stereocenters. The molecule has 0 amide bonds. The van der Waals surface area contributed by atoms with E-state index in [0.29, 0.717) is 18.1 Å². The van der Waals surface area contributed by atoms with E-state index in [1.807, 2.05) is 24.3 Å². The number of hydrogen-bond acceptors (Lipinski definition) is 7. The number of anilines is 1. The summed E-state index contributed by atoms with van der Waals surface area (Å²) in [7, 11) is 2.15. The van der Waals surface area contributed by atoms with Crippen LogP contribution in [0.15, 0.2) is 41.3 Å². The zero-order chi connectivity index (χ0) is 19.1. The number of fused-ring (bicyclic) bond motifs is 3. The molecule has 1 N–H and O–H groups in total. The second-order valence-corrected chi connectivity index (χ2v) is 8.44. The van der Waals surface area contributed by atoms with E-state index in [9.17, 15) is 0 Å². The van der Waals surface area contributed by atoms with Crippen molar-refractivity contribution < 1.29 is 4.42 Å². The fraction of sp³-hybridized carbons (Fsp3) is 0.250. The summed E-state index contributed by atoms with van der Waals surface area (Å²) in [5.41, 5.74) is 2.46. The Morgan fingerprint density at radius 1 is 1.32 bits per heavy atom. The second-order valence-electron chi connectivity index (χ2n) is 6.92. The first-order valence-electron chi connectivity index (χ1n) is 9.05. The molecule has 6 nitrogen and oxygen atoms in total. The van der Waals surface area contributed by atoms with E-state index in [4.69, 9.17) is 26.0 Å². The lowest BCUT2D eigenvalue weighted by molar-refractivity contribution is 0.318. The topological polar surface area (TPSA) is 67.1 Å². The van der Waals surface area contributed by atoms with Gasteiger partial charge in [-0.05, 0) is 36.7 Å². The number of nitrogens with one attached hydrogen (secondary N) is 1. The van der Waals surface area contributed by atoms with Gasteiger partial charge in [-0.1, -0.05) is 23.7 Å². The van der Waals surface area contributed by atoms with Gasteiger partial charge in [0, 0.05) is 29.5 Å². The maximum absolute atomic E-state index is 6.13. The molecular formula is C20H18ClN5OS. The number of nitrogens with zero attached hydrogens (tertiary/aromatic N) is 4. The molecule has 28 heavy (non-hydrogen) atoms. The highest BCUT2D eigenvalue weighted by molar-refractivity contribution is 7.19. The van der Waals surface area contributed by atoms with Gasteiger partial charge in [0.2, 0.25) is 5.82 Å². The Bertz CT molecular complexity index is 1140. The largest absolute Gasteiger partial charge is 0.440 e. The maximum Gasteiger partial charge on any atom is 0.200 e. The first-order chi connectivity index (χ1) is 13.7. The highest BCUT2D eigenvalue weighted by atomic mass is 35.5.